The maximum absolute atomic E-state index is 5.90. The predicted octanol–water partition coefficient (Wildman–Crippen LogP) is 3.01. The van der Waals surface area contributed by atoms with Gasteiger partial charge in [-0.2, -0.15) is 0 Å². The van der Waals surface area contributed by atoms with Crippen LogP contribution in [0.5, 0.6) is 0 Å². The number of piperidine rings is 1. The van der Waals surface area contributed by atoms with E-state index < -0.39 is 0 Å². The van der Waals surface area contributed by atoms with Gasteiger partial charge in [0.1, 0.15) is 0 Å². The second-order valence-corrected chi connectivity index (χ2v) is 3.98. The van der Waals surface area contributed by atoms with Gasteiger partial charge in [-0.05, 0) is 32.2 Å². The Morgan fingerprint density at radius 2 is 1.53 bits per heavy atom. The molecule has 2 aliphatic rings. The highest BCUT2D eigenvalue weighted by Crippen LogP contribution is 2.26. The zero-order chi connectivity index (χ0) is 11.7. The molecule has 0 aromatic carbocycles. The van der Waals surface area contributed by atoms with Crippen molar-refractivity contribution < 1.29 is 0 Å². The van der Waals surface area contributed by atoms with Gasteiger partial charge in [0, 0.05) is 18.6 Å². The monoisotopic (exact) mass is 214 g/mol. The molecule has 1 heterocycles. The van der Waals surface area contributed by atoms with E-state index in [1.807, 2.05) is 27.7 Å². The molecule has 0 spiro atoms. The molecule has 0 amide bonds. The first kappa shape index (κ1) is 14.9. The van der Waals surface area contributed by atoms with Gasteiger partial charge < -0.3 is 5.73 Å². The number of nitrogens with two attached hydrogens (primary N) is 1. The lowest BCUT2D eigenvalue weighted by Crippen LogP contribution is -2.49. The topological polar surface area (TPSA) is 29.3 Å². The van der Waals surface area contributed by atoms with Crippen LogP contribution in [0.25, 0.3) is 0 Å². The Morgan fingerprint density at radius 1 is 0.933 bits per heavy atom. The molecular formula is C13H30N2. The lowest BCUT2D eigenvalue weighted by molar-refractivity contribution is 0.0956. The van der Waals surface area contributed by atoms with E-state index in [4.69, 9.17) is 5.73 Å². The molecule has 2 nitrogen and oxygen atoms in total. The maximum atomic E-state index is 5.90. The van der Waals surface area contributed by atoms with Crippen molar-refractivity contribution in [3.63, 3.8) is 0 Å². The fraction of sp³-hybridized carbons (Fsp3) is 1.00. The molecule has 0 aromatic rings. The van der Waals surface area contributed by atoms with Crippen molar-refractivity contribution in [2.75, 3.05) is 13.1 Å². The number of nitrogens with zero attached hydrogens (tertiary/aromatic N) is 1. The van der Waals surface area contributed by atoms with Gasteiger partial charge in [-0.3, -0.25) is 4.90 Å². The molecule has 1 saturated carbocycles. The molecule has 2 fully saturated rings. The van der Waals surface area contributed by atoms with Gasteiger partial charge in [0.25, 0.3) is 0 Å². The zero-order valence-corrected chi connectivity index (χ0v) is 11.1. The third kappa shape index (κ3) is 4.98. The van der Waals surface area contributed by atoms with E-state index in [1.54, 1.807) is 0 Å². The Kier molecular flexibility index (Phi) is 9.12. The van der Waals surface area contributed by atoms with E-state index in [0.717, 1.165) is 12.6 Å². The van der Waals surface area contributed by atoms with Gasteiger partial charge in [0.2, 0.25) is 0 Å². The van der Waals surface area contributed by atoms with E-state index >= 15 is 0 Å². The van der Waals surface area contributed by atoms with Crippen LogP contribution in [-0.4, -0.2) is 30.1 Å². The van der Waals surface area contributed by atoms with E-state index in [9.17, 15) is 0 Å². The second kappa shape index (κ2) is 9.17. The highest BCUT2D eigenvalue weighted by Gasteiger charge is 2.27. The smallest absolute Gasteiger partial charge is 0.0168 e. The summed E-state index contributed by atoms with van der Waals surface area (Å²) < 4.78 is 0. The van der Waals surface area contributed by atoms with Crippen LogP contribution in [0.2, 0.25) is 0 Å². The molecule has 0 bridgehead atoms. The van der Waals surface area contributed by atoms with Crippen LogP contribution in [0.15, 0.2) is 0 Å². The lowest BCUT2D eigenvalue weighted by atomic mass is 9.89. The number of hydrogen-bond acceptors (Lipinski definition) is 2. The first-order chi connectivity index (χ1) is 7.36. The summed E-state index contributed by atoms with van der Waals surface area (Å²) in [6, 6.07) is 1.37. The van der Waals surface area contributed by atoms with Crippen molar-refractivity contribution in [2.24, 2.45) is 5.73 Å². The van der Waals surface area contributed by atoms with Crippen LogP contribution in [0.3, 0.4) is 0 Å². The quantitative estimate of drug-likeness (QED) is 0.727. The van der Waals surface area contributed by atoms with Crippen LogP contribution in [0, 0.1) is 0 Å². The molecule has 1 unspecified atom stereocenters. The number of likely N-dealkylation sites (tertiary alicyclic amines) is 1. The summed E-state index contributed by atoms with van der Waals surface area (Å²) in [5.41, 5.74) is 5.90. The third-order valence-electron chi connectivity index (χ3n) is 3.08. The fourth-order valence-corrected chi connectivity index (χ4v) is 2.12. The molecule has 15 heavy (non-hydrogen) atoms. The normalized spacial score (nSPS) is 26.6. The molecule has 1 saturated heterocycles. The summed E-state index contributed by atoms with van der Waals surface area (Å²) in [6.07, 6.45) is 6.84. The summed E-state index contributed by atoms with van der Waals surface area (Å²) >= 11 is 0. The van der Waals surface area contributed by atoms with Crippen LogP contribution < -0.4 is 5.73 Å². The summed E-state index contributed by atoms with van der Waals surface area (Å²) in [5.74, 6) is 0. The average molecular weight is 214 g/mol. The predicted molar refractivity (Wildman–Crippen MR) is 69.1 cm³/mol. The highest BCUT2D eigenvalue weighted by molar-refractivity contribution is 4.85. The van der Waals surface area contributed by atoms with Gasteiger partial charge in [0.15, 0.2) is 0 Å². The standard InChI is InChI=1S/C9H18N2.2C2H6/c10-8-3-2-6-11(7-8)9-4-1-5-9;2*1-2/h8-9H,1-7,10H2;2*1-2H3. The van der Waals surface area contributed by atoms with Gasteiger partial charge in [0.05, 0.1) is 0 Å². The molecule has 2 N–H and O–H groups in total. The Morgan fingerprint density at radius 3 is 1.93 bits per heavy atom. The number of rotatable bonds is 1. The highest BCUT2D eigenvalue weighted by atomic mass is 15.2. The molecule has 0 aromatic heterocycles. The number of hydrogen-bond donors (Lipinski definition) is 1. The summed E-state index contributed by atoms with van der Waals surface area (Å²) in [6.45, 7) is 10.5. The van der Waals surface area contributed by atoms with Crippen molar-refractivity contribution >= 4 is 0 Å². The minimum atomic E-state index is 0.462. The minimum Gasteiger partial charge on any atom is -0.327 e. The Balaban J connectivity index is 0.000000442. The third-order valence-corrected chi connectivity index (χ3v) is 3.08. The SMILES string of the molecule is CC.CC.NC1CCCN(C2CCC2)C1. The van der Waals surface area contributed by atoms with Crippen molar-refractivity contribution in [3.05, 3.63) is 0 Å². The van der Waals surface area contributed by atoms with Gasteiger partial charge in [-0.1, -0.05) is 34.1 Å². The zero-order valence-electron chi connectivity index (χ0n) is 11.1. The minimum absolute atomic E-state index is 0.462. The second-order valence-electron chi connectivity index (χ2n) is 3.98. The van der Waals surface area contributed by atoms with Crippen LogP contribution >= 0.6 is 0 Å². The molecule has 1 aliphatic carbocycles. The maximum Gasteiger partial charge on any atom is 0.0168 e. The molecule has 92 valence electrons. The average Bonchev–Trinajstić information content (AvgIpc) is 2.21. The van der Waals surface area contributed by atoms with Gasteiger partial charge >= 0.3 is 0 Å². The Bertz CT molecular complexity index is 132. The summed E-state index contributed by atoms with van der Waals surface area (Å²) in [4.78, 5) is 2.59. The molecule has 0 radical (unpaired) electrons. The first-order valence-electron chi connectivity index (χ1n) is 6.86. The van der Waals surface area contributed by atoms with E-state index in [0.29, 0.717) is 6.04 Å². The van der Waals surface area contributed by atoms with Gasteiger partial charge in [-0.15, -0.1) is 0 Å². The Hall–Kier alpha value is -0.0800. The Labute approximate surface area is 96.2 Å². The van der Waals surface area contributed by atoms with E-state index in [2.05, 4.69) is 4.90 Å². The molecule has 2 heteroatoms. The lowest BCUT2D eigenvalue weighted by Gasteiger charge is -2.41. The molecule has 2 rings (SSSR count). The van der Waals surface area contributed by atoms with Crippen LogP contribution in [-0.2, 0) is 0 Å². The first-order valence-corrected chi connectivity index (χ1v) is 6.86. The van der Waals surface area contributed by atoms with Crippen molar-refractivity contribution in [2.45, 2.75) is 71.9 Å². The van der Waals surface area contributed by atoms with E-state index in [1.165, 1.54) is 38.6 Å². The molecular weight excluding hydrogens is 184 g/mol. The van der Waals surface area contributed by atoms with Crippen molar-refractivity contribution in [1.82, 2.24) is 4.90 Å². The molecule has 1 atom stereocenters. The molecule has 1 aliphatic heterocycles. The van der Waals surface area contributed by atoms with Gasteiger partial charge in [-0.25, -0.2) is 0 Å². The van der Waals surface area contributed by atoms with E-state index in [-0.39, 0.29) is 0 Å². The summed E-state index contributed by atoms with van der Waals surface area (Å²) in [7, 11) is 0. The van der Waals surface area contributed by atoms with Crippen molar-refractivity contribution in [1.29, 1.82) is 0 Å². The van der Waals surface area contributed by atoms with Crippen LogP contribution in [0.1, 0.15) is 59.8 Å². The van der Waals surface area contributed by atoms with Crippen molar-refractivity contribution in [3.8, 4) is 0 Å². The fourth-order valence-electron chi connectivity index (χ4n) is 2.12. The van der Waals surface area contributed by atoms with Crippen LogP contribution in [0.4, 0.5) is 0 Å². The largest absolute Gasteiger partial charge is 0.327 e. The summed E-state index contributed by atoms with van der Waals surface area (Å²) in [5, 5.41) is 0.